The minimum atomic E-state index is -0.0431. The zero-order chi connectivity index (χ0) is 9.84. The molecule has 72 valence electrons. The Labute approximate surface area is 81.5 Å². The van der Waals surface area contributed by atoms with Crippen LogP contribution in [0.4, 0.5) is 0 Å². The first-order chi connectivity index (χ1) is 6.19. The third kappa shape index (κ3) is 2.18. The minimum Gasteiger partial charge on any atom is -0.507 e. The van der Waals surface area contributed by atoms with E-state index in [1.54, 1.807) is 0 Å². The van der Waals surface area contributed by atoms with E-state index < -0.39 is 0 Å². The van der Waals surface area contributed by atoms with E-state index in [1.165, 1.54) is 12.1 Å². The van der Waals surface area contributed by atoms with Crippen molar-refractivity contribution in [2.45, 2.75) is 12.8 Å². The summed E-state index contributed by atoms with van der Waals surface area (Å²) in [6, 6.07) is 2.86. The van der Waals surface area contributed by atoms with Crippen molar-refractivity contribution >= 4 is 11.6 Å². The minimum absolute atomic E-state index is 0.0431. The molecule has 2 N–H and O–H groups in total. The summed E-state index contributed by atoms with van der Waals surface area (Å²) >= 11 is 5.51. The van der Waals surface area contributed by atoms with Crippen LogP contribution < -0.4 is 4.74 Å². The van der Waals surface area contributed by atoms with Gasteiger partial charge in [-0.2, -0.15) is 0 Å². The van der Waals surface area contributed by atoms with Crippen LogP contribution in [-0.2, 0) is 5.88 Å². The first-order valence-corrected chi connectivity index (χ1v) is 4.46. The van der Waals surface area contributed by atoms with Crippen LogP contribution in [0.5, 0.6) is 17.2 Å². The van der Waals surface area contributed by atoms with Crippen molar-refractivity contribution in [3.63, 3.8) is 0 Å². The smallest absolute Gasteiger partial charge is 0.127 e. The van der Waals surface area contributed by atoms with Gasteiger partial charge in [0.05, 0.1) is 18.1 Å². The molecule has 1 aromatic carbocycles. The normalized spacial score (nSPS) is 10.0. The lowest BCUT2D eigenvalue weighted by molar-refractivity contribution is 0.334. The number of aromatic hydroxyl groups is 2. The lowest BCUT2D eigenvalue weighted by Crippen LogP contribution is -1.92. The number of benzene rings is 1. The van der Waals surface area contributed by atoms with E-state index in [0.717, 1.165) is 0 Å². The summed E-state index contributed by atoms with van der Waals surface area (Å²) in [4.78, 5) is 0. The Kier molecular flexibility index (Phi) is 3.25. The van der Waals surface area contributed by atoms with Crippen molar-refractivity contribution in [2.75, 3.05) is 6.61 Å². The van der Waals surface area contributed by atoms with Crippen molar-refractivity contribution in [1.29, 1.82) is 0 Å². The number of hydrogen-bond acceptors (Lipinski definition) is 3. The molecule has 0 fully saturated rings. The van der Waals surface area contributed by atoms with Gasteiger partial charge in [0.2, 0.25) is 0 Å². The van der Waals surface area contributed by atoms with Gasteiger partial charge in [-0.3, -0.25) is 0 Å². The Morgan fingerprint density at radius 1 is 1.31 bits per heavy atom. The Morgan fingerprint density at radius 2 is 1.85 bits per heavy atom. The maximum absolute atomic E-state index is 9.37. The highest BCUT2D eigenvalue weighted by atomic mass is 35.5. The topological polar surface area (TPSA) is 49.7 Å². The second-order valence-electron chi connectivity index (χ2n) is 2.51. The molecule has 1 aromatic rings. The van der Waals surface area contributed by atoms with E-state index in [9.17, 15) is 10.2 Å². The number of halogens is 1. The SMILES string of the molecule is CCOc1cc(O)c(CCl)c(O)c1. The number of alkyl halides is 1. The molecule has 13 heavy (non-hydrogen) atoms. The molecule has 0 amide bonds. The molecule has 0 spiro atoms. The van der Waals surface area contributed by atoms with Crippen LogP contribution in [0, 0.1) is 0 Å². The van der Waals surface area contributed by atoms with Gasteiger partial charge in [0.15, 0.2) is 0 Å². The fourth-order valence-corrected chi connectivity index (χ4v) is 1.28. The fourth-order valence-electron chi connectivity index (χ4n) is 1.00. The van der Waals surface area contributed by atoms with Crippen LogP contribution in [0.15, 0.2) is 12.1 Å². The van der Waals surface area contributed by atoms with Crippen LogP contribution in [0.1, 0.15) is 12.5 Å². The highest BCUT2D eigenvalue weighted by molar-refractivity contribution is 6.17. The Balaban J connectivity index is 3.05. The van der Waals surface area contributed by atoms with E-state index >= 15 is 0 Å². The molecule has 0 saturated carbocycles. The number of rotatable bonds is 3. The summed E-state index contributed by atoms with van der Waals surface area (Å²) in [5.41, 5.74) is 0.324. The van der Waals surface area contributed by atoms with Gasteiger partial charge in [0.25, 0.3) is 0 Å². The summed E-state index contributed by atoms with van der Waals surface area (Å²) in [6.45, 7) is 2.31. The molecule has 0 bridgehead atoms. The van der Waals surface area contributed by atoms with Crippen molar-refractivity contribution in [3.8, 4) is 17.2 Å². The molecule has 3 nitrogen and oxygen atoms in total. The maximum Gasteiger partial charge on any atom is 0.127 e. The Morgan fingerprint density at radius 3 is 2.23 bits per heavy atom. The van der Waals surface area contributed by atoms with Crippen LogP contribution in [-0.4, -0.2) is 16.8 Å². The molecule has 0 radical (unpaired) electrons. The molecule has 0 saturated heterocycles. The number of phenolic OH excluding ortho intramolecular Hbond substituents is 2. The van der Waals surface area contributed by atoms with E-state index in [4.69, 9.17) is 16.3 Å². The third-order valence-corrected chi connectivity index (χ3v) is 1.89. The molecule has 0 aliphatic heterocycles. The van der Waals surface area contributed by atoms with Crippen LogP contribution in [0.25, 0.3) is 0 Å². The lowest BCUT2D eigenvalue weighted by Gasteiger charge is -2.08. The van der Waals surface area contributed by atoms with Crippen LogP contribution in [0.2, 0.25) is 0 Å². The van der Waals surface area contributed by atoms with Crippen molar-refractivity contribution in [1.82, 2.24) is 0 Å². The van der Waals surface area contributed by atoms with Gasteiger partial charge < -0.3 is 14.9 Å². The zero-order valence-corrected chi connectivity index (χ0v) is 8.01. The van der Waals surface area contributed by atoms with Crippen LogP contribution >= 0.6 is 11.6 Å². The molecule has 1 rings (SSSR count). The largest absolute Gasteiger partial charge is 0.507 e. The predicted molar refractivity (Wildman–Crippen MR) is 50.5 cm³/mol. The molecular formula is C9H11ClO3. The average molecular weight is 203 g/mol. The van der Waals surface area contributed by atoms with Gasteiger partial charge in [-0.25, -0.2) is 0 Å². The highest BCUT2D eigenvalue weighted by Gasteiger charge is 2.08. The predicted octanol–water partition coefficient (Wildman–Crippen LogP) is 2.24. The molecule has 0 aliphatic carbocycles. The van der Waals surface area contributed by atoms with E-state index in [-0.39, 0.29) is 17.4 Å². The molecule has 0 unspecified atom stereocenters. The van der Waals surface area contributed by atoms with Gasteiger partial charge in [-0.1, -0.05) is 0 Å². The molecule has 0 aromatic heterocycles. The van der Waals surface area contributed by atoms with E-state index in [0.29, 0.717) is 17.9 Å². The van der Waals surface area contributed by atoms with Gasteiger partial charge in [-0.05, 0) is 6.92 Å². The van der Waals surface area contributed by atoms with E-state index in [1.807, 2.05) is 6.92 Å². The standard InChI is InChI=1S/C9H11ClO3/c1-2-13-6-3-8(11)7(5-10)9(12)4-6/h3-4,11-12H,2,5H2,1H3. The highest BCUT2D eigenvalue weighted by Crippen LogP contribution is 2.33. The van der Waals surface area contributed by atoms with Crippen molar-refractivity contribution < 1.29 is 14.9 Å². The van der Waals surface area contributed by atoms with E-state index in [2.05, 4.69) is 0 Å². The fraction of sp³-hybridized carbons (Fsp3) is 0.333. The van der Waals surface area contributed by atoms with Crippen molar-refractivity contribution in [3.05, 3.63) is 17.7 Å². The summed E-state index contributed by atoms with van der Waals surface area (Å²) < 4.78 is 5.10. The summed E-state index contributed by atoms with van der Waals surface area (Å²) in [7, 11) is 0. The third-order valence-electron chi connectivity index (χ3n) is 1.62. The summed E-state index contributed by atoms with van der Waals surface area (Å²) in [5, 5.41) is 18.7. The summed E-state index contributed by atoms with van der Waals surface area (Å²) in [6.07, 6.45) is 0. The van der Waals surface area contributed by atoms with Gasteiger partial charge in [-0.15, -0.1) is 11.6 Å². The summed E-state index contributed by atoms with van der Waals surface area (Å²) in [5.74, 6) is 0.424. The van der Waals surface area contributed by atoms with Gasteiger partial charge >= 0.3 is 0 Å². The quantitative estimate of drug-likeness (QED) is 0.740. The first kappa shape index (κ1) is 9.99. The lowest BCUT2D eigenvalue weighted by atomic mass is 10.2. The molecule has 0 aliphatic rings. The Bertz CT molecular complexity index is 276. The Hall–Kier alpha value is -1.09. The molecule has 0 heterocycles. The second kappa shape index (κ2) is 4.23. The number of hydrogen-bond donors (Lipinski definition) is 2. The first-order valence-electron chi connectivity index (χ1n) is 3.92. The second-order valence-corrected chi connectivity index (χ2v) is 2.77. The van der Waals surface area contributed by atoms with Crippen LogP contribution in [0.3, 0.4) is 0 Å². The van der Waals surface area contributed by atoms with Gasteiger partial charge in [0, 0.05) is 12.1 Å². The molecular weight excluding hydrogens is 192 g/mol. The number of phenols is 2. The maximum atomic E-state index is 9.37. The van der Waals surface area contributed by atoms with Crippen molar-refractivity contribution in [2.24, 2.45) is 0 Å². The monoisotopic (exact) mass is 202 g/mol. The van der Waals surface area contributed by atoms with Gasteiger partial charge in [0.1, 0.15) is 17.2 Å². The number of ether oxygens (including phenoxy) is 1. The average Bonchev–Trinajstić information content (AvgIpc) is 2.04. The molecule has 0 atom stereocenters. The molecule has 4 heteroatoms. The zero-order valence-electron chi connectivity index (χ0n) is 7.25.